The van der Waals surface area contributed by atoms with Crippen molar-refractivity contribution in [2.75, 3.05) is 0 Å². The highest BCUT2D eigenvalue weighted by atomic mass is 19.3. The lowest BCUT2D eigenvalue weighted by molar-refractivity contribution is -0.0351. The molecule has 0 bridgehead atoms. The van der Waals surface area contributed by atoms with Crippen LogP contribution in [0.1, 0.15) is 25.8 Å². The van der Waals surface area contributed by atoms with Crippen molar-refractivity contribution in [1.82, 2.24) is 0 Å². The zero-order valence-corrected chi connectivity index (χ0v) is 12.2. The second kappa shape index (κ2) is 6.33. The molecular weight excluding hydrogens is 273 g/mol. The van der Waals surface area contributed by atoms with Crippen LogP contribution in [0.3, 0.4) is 0 Å². The molecule has 0 aliphatic carbocycles. The number of rotatable bonds is 5. The van der Waals surface area contributed by atoms with Gasteiger partial charge in [-0.1, -0.05) is 43.3 Å². The highest BCUT2D eigenvalue weighted by molar-refractivity contribution is 5.64. The molecular formula is C18H19F3. The Morgan fingerprint density at radius 3 is 2.24 bits per heavy atom. The first-order valence-corrected chi connectivity index (χ1v) is 7.09. The maximum Gasteiger partial charge on any atom is 0.247 e. The maximum absolute atomic E-state index is 13.3. The molecule has 0 aliphatic rings. The molecule has 0 saturated heterocycles. The van der Waals surface area contributed by atoms with E-state index in [2.05, 4.69) is 0 Å². The van der Waals surface area contributed by atoms with Crippen LogP contribution in [0.4, 0.5) is 13.2 Å². The molecule has 0 heterocycles. The van der Waals surface area contributed by atoms with Gasteiger partial charge in [0.05, 0.1) is 0 Å². The summed E-state index contributed by atoms with van der Waals surface area (Å²) in [6, 6.07) is 14.0. The highest BCUT2D eigenvalue weighted by Crippen LogP contribution is 2.28. The quantitative estimate of drug-likeness (QED) is 0.661. The van der Waals surface area contributed by atoms with E-state index in [-0.39, 0.29) is 5.82 Å². The zero-order chi connectivity index (χ0) is 15.5. The largest absolute Gasteiger partial charge is 0.247 e. The van der Waals surface area contributed by atoms with Crippen molar-refractivity contribution in [3.05, 3.63) is 59.9 Å². The maximum atomic E-state index is 13.3. The fraction of sp³-hybridized carbons (Fsp3) is 0.333. The average molecular weight is 292 g/mol. The molecule has 0 N–H and O–H groups in total. The third-order valence-electron chi connectivity index (χ3n) is 3.82. The molecule has 3 heteroatoms. The predicted octanol–water partition coefficient (Wildman–Crippen LogP) is 5.72. The monoisotopic (exact) mass is 292 g/mol. The molecule has 2 aromatic carbocycles. The minimum absolute atomic E-state index is 0.280. The third kappa shape index (κ3) is 4.35. The van der Waals surface area contributed by atoms with Gasteiger partial charge in [0.15, 0.2) is 0 Å². The lowest BCUT2D eigenvalue weighted by Gasteiger charge is -2.19. The number of benzene rings is 2. The Bertz CT molecular complexity index is 599. The van der Waals surface area contributed by atoms with Crippen molar-refractivity contribution in [3.8, 4) is 11.1 Å². The van der Waals surface area contributed by atoms with Crippen LogP contribution >= 0.6 is 0 Å². The zero-order valence-electron chi connectivity index (χ0n) is 12.2. The Morgan fingerprint density at radius 2 is 1.62 bits per heavy atom. The van der Waals surface area contributed by atoms with Crippen LogP contribution in [0.25, 0.3) is 11.1 Å². The minimum Gasteiger partial charge on any atom is -0.207 e. The first kappa shape index (κ1) is 15.6. The van der Waals surface area contributed by atoms with Crippen LogP contribution in [0.2, 0.25) is 0 Å². The molecule has 2 aromatic rings. The van der Waals surface area contributed by atoms with E-state index in [1.807, 2.05) is 30.3 Å². The van der Waals surface area contributed by atoms with E-state index in [0.29, 0.717) is 12.8 Å². The normalized spacial score (nSPS) is 13.2. The highest BCUT2D eigenvalue weighted by Gasteiger charge is 2.29. The van der Waals surface area contributed by atoms with Crippen molar-refractivity contribution in [2.24, 2.45) is 5.92 Å². The summed E-state index contributed by atoms with van der Waals surface area (Å²) in [6.07, 6.45) is 1.02. The molecule has 2 rings (SSSR count). The van der Waals surface area contributed by atoms with E-state index >= 15 is 0 Å². The van der Waals surface area contributed by atoms with E-state index < -0.39 is 11.8 Å². The summed E-state index contributed by atoms with van der Waals surface area (Å²) in [4.78, 5) is 0. The Balaban J connectivity index is 2.12. The summed E-state index contributed by atoms with van der Waals surface area (Å²) in [7, 11) is 0. The van der Waals surface area contributed by atoms with Gasteiger partial charge in [-0.3, -0.25) is 0 Å². The number of hydrogen-bond acceptors (Lipinski definition) is 0. The van der Waals surface area contributed by atoms with Crippen molar-refractivity contribution in [1.29, 1.82) is 0 Å². The second-order valence-corrected chi connectivity index (χ2v) is 5.61. The topological polar surface area (TPSA) is 0 Å². The molecule has 0 aliphatic heterocycles. The Labute approximate surface area is 123 Å². The van der Waals surface area contributed by atoms with Gasteiger partial charge in [-0.25, -0.2) is 13.2 Å². The number of halogens is 3. The third-order valence-corrected chi connectivity index (χ3v) is 3.82. The fourth-order valence-corrected chi connectivity index (χ4v) is 2.21. The lowest BCUT2D eigenvalue weighted by Crippen LogP contribution is -2.21. The Hall–Kier alpha value is -1.77. The van der Waals surface area contributed by atoms with Crippen molar-refractivity contribution >= 4 is 0 Å². The molecule has 1 atom stereocenters. The molecule has 0 unspecified atom stereocenters. The molecule has 0 nitrogen and oxygen atoms in total. The average Bonchev–Trinajstić information content (AvgIpc) is 2.44. The summed E-state index contributed by atoms with van der Waals surface area (Å²) < 4.78 is 39.6. The SMILES string of the molecule is C[C@H](CCc1cccc(-c2cccc(F)c2)c1)C(C)(F)F. The number of alkyl halides is 2. The molecule has 21 heavy (non-hydrogen) atoms. The fourth-order valence-electron chi connectivity index (χ4n) is 2.21. The predicted molar refractivity (Wildman–Crippen MR) is 79.9 cm³/mol. The molecule has 0 spiro atoms. The lowest BCUT2D eigenvalue weighted by atomic mass is 9.94. The van der Waals surface area contributed by atoms with Gasteiger partial charge >= 0.3 is 0 Å². The summed E-state index contributed by atoms with van der Waals surface area (Å²) in [5, 5.41) is 0. The van der Waals surface area contributed by atoms with Crippen LogP contribution in [-0.2, 0) is 6.42 Å². The van der Waals surface area contributed by atoms with Crippen molar-refractivity contribution < 1.29 is 13.2 Å². The standard InChI is InChI=1S/C18H19F3/c1-13(18(2,20)21)9-10-14-5-3-6-15(11-14)16-7-4-8-17(19)12-16/h3-8,11-13H,9-10H2,1-2H3/t13-/m1/s1. The molecule has 0 fully saturated rings. The van der Waals surface area contributed by atoms with Gasteiger partial charge in [0.1, 0.15) is 5.82 Å². The van der Waals surface area contributed by atoms with Crippen LogP contribution in [-0.4, -0.2) is 5.92 Å². The molecule has 0 aromatic heterocycles. The Morgan fingerprint density at radius 1 is 1.00 bits per heavy atom. The van der Waals surface area contributed by atoms with Gasteiger partial charge in [-0.15, -0.1) is 0 Å². The van der Waals surface area contributed by atoms with E-state index in [1.165, 1.54) is 12.1 Å². The van der Waals surface area contributed by atoms with Crippen molar-refractivity contribution in [2.45, 2.75) is 32.6 Å². The van der Waals surface area contributed by atoms with E-state index in [0.717, 1.165) is 23.6 Å². The first-order chi connectivity index (χ1) is 9.86. The van der Waals surface area contributed by atoms with Gasteiger partial charge in [-0.2, -0.15) is 0 Å². The molecule has 0 amide bonds. The summed E-state index contributed by atoms with van der Waals surface area (Å²) in [5.41, 5.74) is 2.70. The Kier molecular flexibility index (Phi) is 4.71. The van der Waals surface area contributed by atoms with Crippen molar-refractivity contribution in [3.63, 3.8) is 0 Å². The number of hydrogen-bond donors (Lipinski definition) is 0. The van der Waals surface area contributed by atoms with E-state index in [9.17, 15) is 13.2 Å². The van der Waals surface area contributed by atoms with Gasteiger partial charge in [0, 0.05) is 5.92 Å². The molecule has 0 radical (unpaired) electrons. The molecule has 112 valence electrons. The first-order valence-electron chi connectivity index (χ1n) is 7.09. The van der Waals surface area contributed by atoms with Gasteiger partial charge < -0.3 is 0 Å². The van der Waals surface area contributed by atoms with Crippen LogP contribution in [0, 0.1) is 11.7 Å². The van der Waals surface area contributed by atoms with E-state index in [1.54, 1.807) is 13.0 Å². The summed E-state index contributed by atoms with van der Waals surface area (Å²) in [5.74, 6) is -3.59. The van der Waals surface area contributed by atoms with Gasteiger partial charge in [0.2, 0.25) is 5.92 Å². The number of aryl methyl sites for hydroxylation is 1. The molecule has 0 saturated carbocycles. The van der Waals surface area contributed by atoms with E-state index in [4.69, 9.17) is 0 Å². The van der Waals surface area contributed by atoms with Crippen LogP contribution < -0.4 is 0 Å². The summed E-state index contributed by atoms with van der Waals surface area (Å²) in [6.45, 7) is 2.53. The van der Waals surface area contributed by atoms with Gasteiger partial charge in [0.25, 0.3) is 0 Å². The smallest absolute Gasteiger partial charge is 0.207 e. The van der Waals surface area contributed by atoms with Crippen LogP contribution in [0.5, 0.6) is 0 Å². The van der Waals surface area contributed by atoms with Gasteiger partial charge in [-0.05, 0) is 48.6 Å². The van der Waals surface area contributed by atoms with Crippen LogP contribution in [0.15, 0.2) is 48.5 Å². The minimum atomic E-state index is -2.65. The second-order valence-electron chi connectivity index (χ2n) is 5.61. The summed E-state index contributed by atoms with van der Waals surface area (Å²) >= 11 is 0.